The number of carbonyl (C=O) groups is 2. The number of benzene rings is 2. The largest absolute Gasteiger partial charge is 0.464 e. The van der Waals surface area contributed by atoms with Crippen LogP contribution in [0, 0.1) is 0 Å². The van der Waals surface area contributed by atoms with Crippen molar-refractivity contribution in [2.75, 3.05) is 6.61 Å². The Morgan fingerprint density at radius 1 is 1.10 bits per heavy atom. The van der Waals surface area contributed by atoms with Gasteiger partial charge in [-0.05, 0) is 55.0 Å². The molecule has 6 nitrogen and oxygen atoms in total. The number of unbranched alkanes of at least 4 members (excludes halogenated alkanes) is 1. The Hall–Kier alpha value is -2.57. The molecule has 1 amide bonds. The molecule has 0 fully saturated rings. The maximum atomic E-state index is 12.4. The highest BCUT2D eigenvalue weighted by atomic mass is 35.5. The van der Waals surface area contributed by atoms with Gasteiger partial charge in [0.1, 0.15) is 6.04 Å². The third-order valence-corrected chi connectivity index (χ3v) is 5.39. The number of carbonyl (C=O) groups excluding carboxylic acids is 2. The zero-order valence-electron chi connectivity index (χ0n) is 17.4. The van der Waals surface area contributed by atoms with E-state index in [4.69, 9.17) is 33.8 Å². The number of nitrogens with zero attached hydrogens (tertiary/aromatic N) is 1. The molecule has 1 unspecified atom stereocenters. The van der Waals surface area contributed by atoms with Crippen molar-refractivity contribution in [2.24, 2.45) is 10.9 Å². The quantitative estimate of drug-likeness (QED) is 0.171. The van der Waals surface area contributed by atoms with Crippen LogP contribution in [-0.4, -0.2) is 30.7 Å². The number of rotatable bonds is 11. The van der Waals surface area contributed by atoms with Gasteiger partial charge >= 0.3 is 5.97 Å². The molecule has 166 valence electrons. The summed E-state index contributed by atoms with van der Waals surface area (Å²) in [5.41, 5.74) is 2.91. The van der Waals surface area contributed by atoms with Gasteiger partial charge in [0.25, 0.3) is 0 Å². The van der Waals surface area contributed by atoms with E-state index in [-0.39, 0.29) is 18.9 Å². The number of hydrogen-bond donors (Lipinski definition) is 2. The third kappa shape index (κ3) is 8.59. The van der Waals surface area contributed by atoms with Crippen LogP contribution in [0.2, 0.25) is 10.0 Å². The van der Waals surface area contributed by atoms with Crippen LogP contribution in [0.25, 0.3) is 0 Å². The Balaban J connectivity index is 1.84. The van der Waals surface area contributed by atoms with Gasteiger partial charge < -0.3 is 15.9 Å². The summed E-state index contributed by atoms with van der Waals surface area (Å²) in [6.45, 7) is 1.97. The van der Waals surface area contributed by atoms with E-state index in [1.807, 2.05) is 24.3 Å². The SMILES string of the molecule is CCOC(=O)C(Cc1ccc(Cl)c(Cl)c1)NC(=O)CCCCc1ccc(C=NN)cc1. The molecule has 2 rings (SSSR count). The first-order chi connectivity index (χ1) is 14.9. The summed E-state index contributed by atoms with van der Waals surface area (Å²) in [5.74, 6) is 4.49. The zero-order chi connectivity index (χ0) is 22.6. The molecular formula is C23H27Cl2N3O3. The maximum Gasteiger partial charge on any atom is 0.328 e. The molecule has 0 bridgehead atoms. The molecule has 0 radical (unpaired) electrons. The van der Waals surface area contributed by atoms with E-state index in [9.17, 15) is 9.59 Å². The average molecular weight is 464 g/mol. The van der Waals surface area contributed by atoms with Crippen molar-refractivity contribution >= 4 is 41.3 Å². The van der Waals surface area contributed by atoms with E-state index in [0.29, 0.717) is 22.9 Å². The summed E-state index contributed by atoms with van der Waals surface area (Å²) >= 11 is 12.0. The van der Waals surface area contributed by atoms with Crippen molar-refractivity contribution in [2.45, 2.75) is 45.1 Å². The van der Waals surface area contributed by atoms with Crippen molar-refractivity contribution in [1.82, 2.24) is 5.32 Å². The van der Waals surface area contributed by atoms with Crippen LogP contribution in [0.15, 0.2) is 47.6 Å². The predicted octanol–water partition coefficient (Wildman–Crippen LogP) is 4.29. The maximum absolute atomic E-state index is 12.4. The first-order valence-electron chi connectivity index (χ1n) is 10.1. The second-order valence-corrected chi connectivity index (χ2v) is 7.87. The van der Waals surface area contributed by atoms with Gasteiger partial charge in [-0.2, -0.15) is 5.10 Å². The fraction of sp³-hybridized carbons (Fsp3) is 0.348. The highest BCUT2D eigenvalue weighted by Gasteiger charge is 2.22. The van der Waals surface area contributed by atoms with Gasteiger partial charge in [0.15, 0.2) is 0 Å². The number of nitrogens with two attached hydrogens (primary N) is 1. The van der Waals surface area contributed by atoms with E-state index >= 15 is 0 Å². The molecule has 0 spiro atoms. The minimum absolute atomic E-state index is 0.187. The summed E-state index contributed by atoms with van der Waals surface area (Å²) in [6.07, 6.45) is 4.62. The minimum Gasteiger partial charge on any atom is -0.464 e. The molecule has 0 saturated carbocycles. The van der Waals surface area contributed by atoms with Crippen LogP contribution in [0.5, 0.6) is 0 Å². The van der Waals surface area contributed by atoms with Gasteiger partial charge in [0.2, 0.25) is 5.91 Å². The van der Waals surface area contributed by atoms with Gasteiger partial charge in [-0.3, -0.25) is 4.79 Å². The molecule has 31 heavy (non-hydrogen) atoms. The van der Waals surface area contributed by atoms with Crippen molar-refractivity contribution in [3.8, 4) is 0 Å². The topological polar surface area (TPSA) is 93.8 Å². The molecule has 3 N–H and O–H groups in total. The van der Waals surface area contributed by atoms with Gasteiger partial charge in [-0.1, -0.05) is 53.5 Å². The van der Waals surface area contributed by atoms with Gasteiger partial charge in [-0.15, -0.1) is 0 Å². The number of halogens is 2. The number of esters is 1. The predicted molar refractivity (Wildman–Crippen MR) is 125 cm³/mol. The Kier molecular flexibility index (Phi) is 10.3. The zero-order valence-corrected chi connectivity index (χ0v) is 19.0. The highest BCUT2D eigenvalue weighted by Crippen LogP contribution is 2.23. The summed E-state index contributed by atoms with van der Waals surface area (Å²) in [6, 6.07) is 12.3. The van der Waals surface area contributed by atoms with Crippen LogP contribution in [-0.2, 0) is 27.2 Å². The molecule has 0 aliphatic rings. The third-order valence-electron chi connectivity index (χ3n) is 4.65. The Labute approximate surface area is 192 Å². The number of hydrazone groups is 1. The Morgan fingerprint density at radius 2 is 1.81 bits per heavy atom. The van der Waals surface area contributed by atoms with Crippen LogP contribution < -0.4 is 11.2 Å². The molecule has 0 heterocycles. The first-order valence-corrected chi connectivity index (χ1v) is 10.9. The molecule has 0 aromatic heterocycles. The van der Waals surface area contributed by atoms with Crippen LogP contribution in [0.4, 0.5) is 0 Å². The van der Waals surface area contributed by atoms with E-state index in [1.54, 1.807) is 31.3 Å². The summed E-state index contributed by atoms with van der Waals surface area (Å²) in [5, 5.41) is 7.12. The Bertz CT molecular complexity index is 901. The lowest BCUT2D eigenvalue weighted by Gasteiger charge is -2.18. The molecule has 0 aliphatic heterocycles. The number of aryl methyl sites for hydroxylation is 1. The van der Waals surface area contributed by atoms with E-state index in [0.717, 1.165) is 24.0 Å². The van der Waals surface area contributed by atoms with Crippen molar-refractivity contribution in [1.29, 1.82) is 0 Å². The monoisotopic (exact) mass is 463 g/mol. The lowest BCUT2D eigenvalue weighted by molar-refractivity contribution is -0.147. The standard InChI is InChI=1S/C23H27Cl2N3O3/c1-2-31-23(30)21(14-18-11-12-19(24)20(25)13-18)28-22(29)6-4-3-5-16-7-9-17(10-8-16)15-27-26/h7-13,15,21H,2-6,14,26H2,1H3,(H,28,29). The molecule has 0 saturated heterocycles. The van der Waals surface area contributed by atoms with Gasteiger partial charge in [-0.25, -0.2) is 4.79 Å². The van der Waals surface area contributed by atoms with Crippen molar-refractivity contribution in [3.63, 3.8) is 0 Å². The van der Waals surface area contributed by atoms with Crippen LogP contribution in [0.3, 0.4) is 0 Å². The van der Waals surface area contributed by atoms with E-state index in [1.165, 1.54) is 5.56 Å². The molecule has 2 aromatic rings. The number of hydrogen-bond acceptors (Lipinski definition) is 5. The molecule has 2 aromatic carbocycles. The van der Waals surface area contributed by atoms with Crippen molar-refractivity contribution in [3.05, 3.63) is 69.2 Å². The smallest absolute Gasteiger partial charge is 0.328 e. The van der Waals surface area contributed by atoms with Gasteiger partial charge in [0, 0.05) is 12.8 Å². The molecular weight excluding hydrogens is 437 g/mol. The molecule has 0 aliphatic carbocycles. The fourth-order valence-corrected chi connectivity index (χ4v) is 3.40. The van der Waals surface area contributed by atoms with E-state index in [2.05, 4.69) is 10.4 Å². The normalized spacial score (nSPS) is 12.0. The molecule has 1 atom stereocenters. The highest BCUT2D eigenvalue weighted by molar-refractivity contribution is 6.42. The summed E-state index contributed by atoms with van der Waals surface area (Å²) in [4.78, 5) is 24.7. The van der Waals surface area contributed by atoms with Gasteiger partial charge in [0.05, 0.1) is 22.9 Å². The summed E-state index contributed by atoms with van der Waals surface area (Å²) < 4.78 is 5.11. The number of nitrogens with one attached hydrogen (secondary N) is 1. The molecule has 8 heteroatoms. The Morgan fingerprint density at radius 3 is 2.45 bits per heavy atom. The first kappa shape index (κ1) is 24.7. The lowest BCUT2D eigenvalue weighted by atomic mass is 10.0. The van der Waals surface area contributed by atoms with Crippen molar-refractivity contribution < 1.29 is 14.3 Å². The van der Waals surface area contributed by atoms with Crippen LogP contribution >= 0.6 is 23.2 Å². The summed E-state index contributed by atoms with van der Waals surface area (Å²) in [7, 11) is 0. The van der Waals surface area contributed by atoms with Crippen LogP contribution in [0.1, 0.15) is 42.9 Å². The number of ether oxygens (including phenoxy) is 1. The second kappa shape index (κ2) is 13.0. The minimum atomic E-state index is -0.776. The fourth-order valence-electron chi connectivity index (χ4n) is 3.08. The lowest BCUT2D eigenvalue weighted by Crippen LogP contribution is -2.43. The second-order valence-electron chi connectivity index (χ2n) is 7.05. The number of amides is 1. The average Bonchev–Trinajstić information content (AvgIpc) is 2.75. The van der Waals surface area contributed by atoms with E-state index < -0.39 is 12.0 Å².